The Hall–Kier alpha value is -1.68. The molecule has 3 rings (SSSR count). The number of aromatic nitrogens is 1. The Labute approximate surface area is 136 Å². The molecule has 3 nitrogen and oxygen atoms in total. The van der Waals surface area contributed by atoms with E-state index in [0.717, 1.165) is 30.0 Å². The monoisotopic (exact) mass is 314 g/mol. The smallest absolute Gasteiger partial charge is 0.230 e. The van der Waals surface area contributed by atoms with Crippen LogP contribution in [0.5, 0.6) is 0 Å². The van der Waals surface area contributed by atoms with Crippen LogP contribution in [0.4, 0.5) is 0 Å². The number of carbonyl (C=O) groups excluding carboxylic acids is 1. The Balaban J connectivity index is 1.82. The van der Waals surface area contributed by atoms with E-state index >= 15 is 0 Å². The highest BCUT2D eigenvalue weighted by Crippen LogP contribution is 2.34. The number of piperidine rings is 1. The van der Waals surface area contributed by atoms with Crippen molar-refractivity contribution in [1.82, 2.24) is 9.88 Å². The normalized spacial score (nSPS) is 19.9. The van der Waals surface area contributed by atoms with Gasteiger partial charge in [-0.1, -0.05) is 29.8 Å². The molecule has 0 spiro atoms. The molecule has 0 bridgehead atoms. The van der Waals surface area contributed by atoms with Crippen LogP contribution in [-0.4, -0.2) is 22.3 Å². The SMILES string of the molecule is Cc1cccc([C@H](C)C(=O)N2CCCC[C@H]2c2nccs2)c1. The molecule has 0 aliphatic carbocycles. The summed E-state index contributed by atoms with van der Waals surface area (Å²) >= 11 is 1.66. The van der Waals surface area contributed by atoms with Gasteiger partial charge in [0, 0.05) is 18.1 Å². The first kappa shape index (κ1) is 15.2. The first-order chi connectivity index (χ1) is 10.7. The Kier molecular flexibility index (Phi) is 4.57. The van der Waals surface area contributed by atoms with E-state index in [4.69, 9.17) is 0 Å². The van der Waals surface area contributed by atoms with Gasteiger partial charge in [0.2, 0.25) is 5.91 Å². The molecule has 1 amide bonds. The summed E-state index contributed by atoms with van der Waals surface area (Å²) in [7, 11) is 0. The number of aryl methyl sites for hydroxylation is 1. The third-order valence-electron chi connectivity index (χ3n) is 4.43. The second-order valence-corrected chi connectivity index (χ2v) is 6.98. The number of carbonyl (C=O) groups is 1. The van der Waals surface area contributed by atoms with E-state index in [1.54, 1.807) is 11.3 Å². The Bertz CT molecular complexity index is 638. The van der Waals surface area contributed by atoms with E-state index in [-0.39, 0.29) is 17.9 Å². The molecule has 4 heteroatoms. The van der Waals surface area contributed by atoms with E-state index in [9.17, 15) is 4.79 Å². The minimum Gasteiger partial charge on any atom is -0.333 e. The number of benzene rings is 1. The van der Waals surface area contributed by atoms with Crippen LogP contribution in [-0.2, 0) is 4.79 Å². The molecule has 22 heavy (non-hydrogen) atoms. The molecule has 1 fully saturated rings. The maximum atomic E-state index is 13.0. The second kappa shape index (κ2) is 6.61. The van der Waals surface area contributed by atoms with Crippen LogP contribution >= 0.6 is 11.3 Å². The van der Waals surface area contributed by atoms with Gasteiger partial charge in [-0.25, -0.2) is 4.98 Å². The molecule has 2 atom stereocenters. The maximum Gasteiger partial charge on any atom is 0.230 e. The molecule has 1 aliphatic heterocycles. The van der Waals surface area contributed by atoms with Crippen molar-refractivity contribution in [3.63, 3.8) is 0 Å². The van der Waals surface area contributed by atoms with Gasteiger partial charge in [-0.05, 0) is 38.7 Å². The van der Waals surface area contributed by atoms with Crippen LogP contribution in [0.3, 0.4) is 0 Å². The average molecular weight is 314 g/mol. The minimum absolute atomic E-state index is 0.0968. The first-order valence-corrected chi connectivity index (χ1v) is 8.81. The van der Waals surface area contributed by atoms with Crippen molar-refractivity contribution >= 4 is 17.2 Å². The lowest BCUT2D eigenvalue weighted by molar-refractivity contribution is -0.136. The largest absolute Gasteiger partial charge is 0.333 e. The zero-order chi connectivity index (χ0) is 15.5. The van der Waals surface area contributed by atoms with Gasteiger partial charge in [-0.15, -0.1) is 11.3 Å². The topological polar surface area (TPSA) is 33.2 Å². The van der Waals surface area contributed by atoms with E-state index in [1.165, 1.54) is 12.0 Å². The van der Waals surface area contributed by atoms with E-state index in [2.05, 4.69) is 35.0 Å². The molecular formula is C18H22N2OS. The van der Waals surface area contributed by atoms with Crippen molar-refractivity contribution in [3.05, 3.63) is 52.0 Å². The summed E-state index contributed by atoms with van der Waals surface area (Å²) in [5.74, 6) is 0.131. The van der Waals surface area contributed by atoms with Crippen molar-refractivity contribution in [2.24, 2.45) is 0 Å². The van der Waals surface area contributed by atoms with Crippen molar-refractivity contribution < 1.29 is 4.79 Å². The molecular weight excluding hydrogens is 292 g/mol. The number of hydrogen-bond donors (Lipinski definition) is 0. The standard InChI is InChI=1S/C18H22N2OS/c1-13-6-5-7-15(12-13)14(2)18(21)20-10-4-3-8-16(20)17-19-9-11-22-17/h5-7,9,11-12,14,16H,3-4,8,10H2,1-2H3/t14-,16-/m0/s1. The highest BCUT2D eigenvalue weighted by atomic mass is 32.1. The summed E-state index contributed by atoms with van der Waals surface area (Å²) in [6.07, 6.45) is 5.13. The quantitative estimate of drug-likeness (QED) is 0.846. The predicted octanol–water partition coefficient (Wildman–Crippen LogP) is 4.31. The molecule has 2 heterocycles. The lowest BCUT2D eigenvalue weighted by atomic mass is 9.95. The number of thiazole rings is 1. The lowest BCUT2D eigenvalue weighted by Crippen LogP contribution is -2.40. The van der Waals surface area contributed by atoms with Crippen LogP contribution in [0.25, 0.3) is 0 Å². The van der Waals surface area contributed by atoms with Gasteiger partial charge in [0.25, 0.3) is 0 Å². The molecule has 2 aromatic rings. The van der Waals surface area contributed by atoms with Crippen molar-refractivity contribution in [3.8, 4) is 0 Å². The highest BCUT2D eigenvalue weighted by molar-refractivity contribution is 7.09. The van der Waals surface area contributed by atoms with Crippen LogP contribution in [0.1, 0.15) is 54.3 Å². The van der Waals surface area contributed by atoms with Gasteiger partial charge in [-0.2, -0.15) is 0 Å². The van der Waals surface area contributed by atoms with Crippen molar-refractivity contribution in [1.29, 1.82) is 0 Å². The lowest BCUT2D eigenvalue weighted by Gasteiger charge is -2.36. The molecule has 1 aromatic heterocycles. The molecule has 1 aromatic carbocycles. The Morgan fingerprint density at radius 2 is 2.27 bits per heavy atom. The van der Waals surface area contributed by atoms with Crippen LogP contribution in [0.15, 0.2) is 35.8 Å². The first-order valence-electron chi connectivity index (χ1n) is 7.93. The van der Waals surface area contributed by atoms with E-state index < -0.39 is 0 Å². The minimum atomic E-state index is -0.0968. The van der Waals surface area contributed by atoms with Gasteiger partial charge < -0.3 is 4.90 Å². The number of amides is 1. The fraction of sp³-hybridized carbons (Fsp3) is 0.444. The number of rotatable bonds is 3. The van der Waals surface area contributed by atoms with Crippen molar-refractivity contribution in [2.75, 3.05) is 6.54 Å². The van der Waals surface area contributed by atoms with E-state index in [1.807, 2.05) is 24.6 Å². The number of nitrogens with zero attached hydrogens (tertiary/aromatic N) is 2. The number of hydrogen-bond acceptors (Lipinski definition) is 3. The van der Waals surface area contributed by atoms with Crippen LogP contribution < -0.4 is 0 Å². The van der Waals surface area contributed by atoms with E-state index in [0.29, 0.717) is 0 Å². The summed E-state index contributed by atoms with van der Waals surface area (Å²) in [6.45, 7) is 4.93. The van der Waals surface area contributed by atoms with Gasteiger partial charge in [0.15, 0.2) is 0 Å². The highest BCUT2D eigenvalue weighted by Gasteiger charge is 2.32. The third-order valence-corrected chi connectivity index (χ3v) is 5.31. The summed E-state index contributed by atoms with van der Waals surface area (Å²) < 4.78 is 0. The zero-order valence-electron chi connectivity index (χ0n) is 13.2. The molecule has 0 saturated carbocycles. The Morgan fingerprint density at radius 3 is 3.00 bits per heavy atom. The molecule has 1 aliphatic rings. The third kappa shape index (κ3) is 3.07. The fourth-order valence-electron chi connectivity index (χ4n) is 3.18. The molecule has 0 radical (unpaired) electrons. The molecule has 0 N–H and O–H groups in total. The molecule has 116 valence electrons. The average Bonchev–Trinajstić information content (AvgIpc) is 3.08. The predicted molar refractivity (Wildman–Crippen MR) is 90.0 cm³/mol. The van der Waals surface area contributed by atoms with Crippen LogP contribution in [0.2, 0.25) is 0 Å². The fourth-order valence-corrected chi connectivity index (χ4v) is 3.97. The van der Waals surface area contributed by atoms with Crippen molar-refractivity contribution in [2.45, 2.75) is 45.1 Å². The summed E-state index contributed by atoms with van der Waals surface area (Å²) in [5.41, 5.74) is 2.31. The van der Waals surface area contributed by atoms with Gasteiger partial charge in [0.05, 0.1) is 12.0 Å². The molecule has 1 saturated heterocycles. The maximum absolute atomic E-state index is 13.0. The summed E-state index contributed by atoms with van der Waals surface area (Å²) in [5, 5.41) is 3.07. The van der Waals surface area contributed by atoms with Crippen LogP contribution in [0, 0.1) is 6.92 Å². The summed E-state index contributed by atoms with van der Waals surface area (Å²) in [6, 6.07) is 8.43. The Morgan fingerprint density at radius 1 is 1.41 bits per heavy atom. The van der Waals surface area contributed by atoms with Gasteiger partial charge >= 0.3 is 0 Å². The second-order valence-electron chi connectivity index (χ2n) is 6.05. The summed E-state index contributed by atoms with van der Waals surface area (Å²) in [4.78, 5) is 19.5. The number of likely N-dealkylation sites (tertiary alicyclic amines) is 1. The van der Waals surface area contributed by atoms with Gasteiger partial charge in [-0.3, -0.25) is 4.79 Å². The van der Waals surface area contributed by atoms with Gasteiger partial charge in [0.1, 0.15) is 5.01 Å². The molecule has 0 unspecified atom stereocenters. The zero-order valence-corrected chi connectivity index (χ0v) is 14.0.